The van der Waals surface area contributed by atoms with E-state index in [1.807, 2.05) is 6.92 Å². The van der Waals surface area contributed by atoms with Crippen molar-refractivity contribution in [3.8, 4) is 5.75 Å². The zero-order valence-electron chi connectivity index (χ0n) is 10.9. The molecular formula is C14H22FNO. The highest BCUT2D eigenvalue weighted by Crippen LogP contribution is 2.12. The average Bonchev–Trinajstić information content (AvgIpc) is 2.33. The summed E-state index contributed by atoms with van der Waals surface area (Å²) >= 11 is 0. The van der Waals surface area contributed by atoms with Crippen molar-refractivity contribution in [2.24, 2.45) is 0 Å². The standard InChI is InChI=1S/C14H22FNO/c1-4-13(5-2)16-10-11(3)17-14-8-6-12(15)7-9-14/h6-9,11,13,16H,4-5,10H2,1-3H3. The molecule has 1 rings (SSSR count). The lowest BCUT2D eigenvalue weighted by atomic mass is 10.1. The Balaban J connectivity index is 2.34. The third-order valence-electron chi connectivity index (χ3n) is 2.83. The van der Waals surface area contributed by atoms with E-state index in [-0.39, 0.29) is 11.9 Å². The molecule has 0 aliphatic carbocycles. The molecular weight excluding hydrogens is 217 g/mol. The summed E-state index contributed by atoms with van der Waals surface area (Å²) in [6.07, 6.45) is 2.33. The normalized spacial score (nSPS) is 12.8. The molecule has 96 valence electrons. The fraction of sp³-hybridized carbons (Fsp3) is 0.571. The molecule has 0 bridgehead atoms. The van der Waals surface area contributed by atoms with Crippen LogP contribution in [-0.2, 0) is 0 Å². The lowest BCUT2D eigenvalue weighted by Crippen LogP contribution is -2.36. The van der Waals surface area contributed by atoms with Crippen LogP contribution < -0.4 is 10.1 Å². The minimum atomic E-state index is -0.236. The van der Waals surface area contributed by atoms with Crippen molar-refractivity contribution < 1.29 is 9.13 Å². The van der Waals surface area contributed by atoms with Gasteiger partial charge in [-0.15, -0.1) is 0 Å². The van der Waals surface area contributed by atoms with E-state index in [0.717, 1.165) is 19.4 Å². The molecule has 0 amide bonds. The zero-order chi connectivity index (χ0) is 12.7. The predicted octanol–water partition coefficient (Wildman–Crippen LogP) is 3.37. The summed E-state index contributed by atoms with van der Waals surface area (Å²) in [7, 11) is 0. The molecule has 0 radical (unpaired) electrons. The van der Waals surface area contributed by atoms with Crippen LogP contribution in [0.3, 0.4) is 0 Å². The fourth-order valence-electron chi connectivity index (χ4n) is 1.70. The van der Waals surface area contributed by atoms with Gasteiger partial charge >= 0.3 is 0 Å². The highest BCUT2D eigenvalue weighted by molar-refractivity contribution is 5.22. The van der Waals surface area contributed by atoms with Crippen LogP contribution in [0.2, 0.25) is 0 Å². The molecule has 1 unspecified atom stereocenters. The van der Waals surface area contributed by atoms with Crippen LogP contribution >= 0.6 is 0 Å². The third kappa shape index (κ3) is 5.18. The van der Waals surface area contributed by atoms with Crippen LogP contribution in [0, 0.1) is 5.82 Å². The van der Waals surface area contributed by atoms with Gasteiger partial charge < -0.3 is 10.1 Å². The van der Waals surface area contributed by atoms with E-state index in [4.69, 9.17) is 4.74 Å². The molecule has 0 fully saturated rings. The summed E-state index contributed by atoms with van der Waals surface area (Å²) < 4.78 is 18.4. The Hall–Kier alpha value is -1.09. The van der Waals surface area contributed by atoms with Crippen molar-refractivity contribution >= 4 is 0 Å². The van der Waals surface area contributed by atoms with Gasteiger partial charge in [0.2, 0.25) is 0 Å². The van der Waals surface area contributed by atoms with E-state index in [0.29, 0.717) is 11.8 Å². The fourth-order valence-corrected chi connectivity index (χ4v) is 1.70. The van der Waals surface area contributed by atoms with Crippen LogP contribution in [-0.4, -0.2) is 18.7 Å². The monoisotopic (exact) mass is 239 g/mol. The molecule has 17 heavy (non-hydrogen) atoms. The van der Waals surface area contributed by atoms with Crippen molar-refractivity contribution in [1.82, 2.24) is 5.32 Å². The largest absolute Gasteiger partial charge is 0.489 e. The molecule has 0 aromatic heterocycles. The van der Waals surface area contributed by atoms with Crippen molar-refractivity contribution in [1.29, 1.82) is 0 Å². The van der Waals surface area contributed by atoms with Gasteiger partial charge in [0, 0.05) is 12.6 Å². The van der Waals surface area contributed by atoms with E-state index in [2.05, 4.69) is 19.2 Å². The SMILES string of the molecule is CCC(CC)NCC(C)Oc1ccc(F)cc1. The van der Waals surface area contributed by atoms with E-state index < -0.39 is 0 Å². The topological polar surface area (TPSA) is 21.3 Å². The molecule has 1 atom stereocenters. The van der Waals surface area contributed by atoms with Gasteiger partial charge in [0.25, 0.3) is 0 Å². The first-order valence-electron chi connectivity index (χ1n) is 6.31. The molecule has 1 aromatic rings. The number of halogens is 1. The van der Waals surface area contributed by atoms with Gasteiger partial charge in [-0.25, -0.2) is 4.39 Å². The van der Waals surface area contributed by atoms with Gasteiger partial charge in [-0.3, -0.25) is 0 Å². The quantitative estimate of drug-likeness (QED) is 0.787. The molecule has 0 aliphatic rings. The van der Waals surface area contributed by atoms with Gasteiger partial charge in [0.1, 0.15) is 17.7 Å². The number of rotatable bonds is 7. The van der Waals surface area contributed by atoms with Gasteiger partial charge in [0.15, 0.2) is 0 Å². The summed E-state index contributed by atoms with van der Waals surface area (Å²) in [5, 5.41) is 3.45. The number of hydrogen-bond donors (Lipinski definition) is 1. The minimum Gasteiger partial charge on any atom is -0.489 e. The summed E-state index contributed by atoms with van der Waals surface area (Å²) in [5.41, 5.74) is 0. The Morgan fingerprint density at radius 2 is 1.76 bits per heavy atom. The summed E-state index contributed by atoms with van der Waals surface area (Å²) in [6, 6.07) is 6.69. The van der Waals surface area contributed by atoms with E-state index in [9.17, 15) is 4.39 Å². The van der Waals surface area contributed by atoms with Crippen LogP contribution in [0.25, 0.3) is 0 Å². The number of ether oxygens (including phenoxy) is 1. The first-order valence-corrected chi connectivity index (χ1v) is 6.31. The minimum absolute atomic E-state index is 0.0843. The average molecular weight is 239 g/mol. The van der Waals surface area contributed by atoms with Gasteiger partial charge in [0.05, 0.1) is 0 Å². The second-order valence-electron chi connectivity index (χ2n) is 4.30. The van der Waals surface area contributed by atoms with Crippen molar-refractivity contribution in [3.05, 3.63) is 30.1 Å². The van der Waals surface area contributed by atoms with Gasteiger partial charge in [-0.2, -0.15) is 0 Å². The summed E-state index contributed by atoms with van der Waals surface area (Å²) in [6.45, 7) is 7.17. The Bertz CT molecular complexity index is 309. The van der Waals surface area contributed by atoms with Gasteiger partial charge in [-0.1, -0.05) is 13.8 Å². The lowest BCUT2D eigenvalue weighted by Gasteiger charge is -2.19. The Morgan fingerprint density at radius 3 is 2.29 bits per heavy atom. The van der Waals surface area contributed by atoms with Crippen molar-refractivity contribution in [3.63, 3.8) is 0 Å². The van der Waals surface area contributed by atoms with E-state index in [1.54, 1.807) is 12.1 Å². The Morgan fingerprint density at radius 1 is 1.18 bits per heavy atom. The maximum Gasteiger partial charge on any atom is 0.123 e. The first-order chi connectivity index (χ1) is 8.15. The van der Waals surface area contributed by atoms with E-state index in [1.165, 1.54) is 12.1 Å². The lowest BCUT2D eigenvalue weighted by molar-refractivity contribution is 0.210. The second-order valence-corrected chi connectivity index (χ2v) is 4.30. The molecule has 0 aliphatic heterocycles. The molecule has 3 heteroatoms. The zero-order valence-corrected chi connectivity index (χ0v) is 10.9. The molecule has 1 aromatic carbocycles. The molecule has 0 heterocycles. The molecule has 0 saturated heterocycles. The Kier molecular flexibility index (Phi) is 5.98. The molecule has 1 N–H and O–H groups in total. The maximum atomic E-state index is 12.7. The highest BCUT2D eigenvalue weighted by atomic mass is 19.1. The van der Waals surface area contributed by atoms with Crippen molar-refractivity contribution in [2.45, 2.75) is 45.8 Å². The number of nitrogens with one attached hydrogen (secondary N) is 1. The maximum absolute atomic E-state index is 12.7. The molecule has 0 spiro atoms. The van der Waals surface area contributed by atoms with Gasteiger partial charge in [-0.05, 0) is 44.0 Å². The number of hydrogen-bond acceptors (Lipinski definition) is 2. The summed E-state index contributed by atoms with van der Waals surface area (Å²) in [5.74, 6) is 0.477. The summed E-state index contributed by atoms with van der Waals surface area (Å²) in [4.78, 5) is 0. The molecule has 2 nitrogen and oxygen atoms in total. The van der Waals surface area contributed by atoms with E-state index >= 15 is 0 Å². The molecule has 0 saturated carbocycles. The third-order valence-corrected chi connectivity index (χ3v) is 2.83. The Labute approximate surface area is 103 Å². The highest BCUT2D eigenvalue weighted by Gasteiger charge is 2.07. The van der Waals surface area contributed by atoms with Crippen molar-refractivity contribution in [2.75, 3.05) is 6.54 Å². The predicted molar refractivity (Wildman–Crippen MR) is 68.9 cm³/mol. The van der Waals surface area contributed by atoms with Crippen LogP contribution in [0.1, 0.15) is 33.6 Å². The van der Waals surface area contributed by atoms with Crippen LogP contribution in [0.15, 0.2) is 24.3 Å². The van der Waals surface area contributed by atoms with Crippen LogP contribution in [0.4, 0.5) is 4.39 Å². The first kappa shape index (κ1) is 14.0. The smallest absolute Gasteiger partial charge is 0.123 e. The number of benzene rings is 1. The second kappa shape index (κ2) is 7.28. The van der Waals surface area contributed by atoms with Crippen LogP contribution in [0.5, 0.6) is 5.75 Å².